The summed E-state index contributed by atoms with van der Waals surface area (Å²) >= 11 is 2.05. The quantitative estimate of drug-likeness (QED) is 0.732. The van der Waals surface area contributed by atoms with Crippen LogP contribution >= 0.6 is 11.8 Å². The summed E-state index contributed by atoms with van der Waals surface area (Å²) in [4.78, 5) is 0. The SMILES string of the molecule is CCCCSCC(NC)c1cc(C)cc(C)c1. The first-order chi connectivity index (χ1) is 8.17. The third-order valence-corrected chi connectivity index (χ3v) is 4.07. The molecule has 1 aromatic rings. The molecule has 0 spiro atoms. The van der Waals surface area contributed by atoms with Gasteiger partial charge in [-0.1, -0.05) is 42.7 Å². The van der Waals surface area contributed by atoms with Gasteiger partial charge in [-0.25, -0.2) is 0 Å². The second-order valence-corrected chi connectivity index (χ2v) is 5.84. The monoisotopic (exact) mass is 251 g/mol. The highest BCUT2D eigenvalue weighted by molar-refractivity contribution is 7.99. The van der Waals surface area contributed by atoms with Gasteiger partial charge in [-0.3, -0.25) is 0 Å². The average Bonchev–Trinajstić information content (AvgIpc) is 2.28. The summed E-state index contributed by atoms with van der Waals surface area (Å²) in [7, 11) is 2.06. The molecule has 1 aromatic carbocycles. The van der Waals surface area contributed by atoms with Crippen LogP contribution in [0.2, 0.25) is 0 Å². The standard InChI is InChI=1S/C15H25NS/c1-5-6-7-17-11-15(16-4)14-9-12(2)8-13(3)10-14/h8-10,15-16H,5-7,11H2,1-4H3. The van der Waals surface area contributed by atoms with Crippen molar-refractivity contribution in [2.75, 3.05) is 18.6 Å². The highest BCUT2D eigenvalue weighted by atomic mass is 32.2. The fourth-order valence-corrected chi connectivity index (χ4v) is 3.26. The second kappa shape index (κ2) is 7.78. The van der Waals surface area contributed by atoms with E-state index in [4.69, 9.17) is 0 Å². The molecular weight excluding hydrogens is 226 g/mol. The summed E-state index contributed by atoms with van der Waals surface area (Å²) in [5.74, 6) is 2.44. The van der Waals surface area contributed by atoms with Crippen molar-refractivity contribution in [3.8, 4) is 0 Å². The molecule has 1 unspecified atom stereocenters. The first kappa shape index (κ1) is 14.6. The van der Waals surface area contributed by atoms with Crippen LogP contribution in [0.15, 0.2) is 18.2 Å². The van der Waals surface area contributed by atoms with Crippen molar-refractivity contribution < 1.29 is 0 Å². The van der Waals surface area contributed by atoms with E-state index in [0.29, 0.717) is 6.04 Å². The van der Waals surface area contributed by atoms with Gasteiger partial charge in [0, 0.05) is 11.8 Å². The van der Waals surface area contributed by atoms with Gasteiger partial charge in [0.15, 0.2) is 0 Å². The second-order valence-electron chi connectivity index (χ2n) is 4.69. The Morgan fingerprint density at radius 2 is 1.82 bits per heavy atom. The van der Waals surface area contributed by atoms with Crippen molar-refractivity contribution in [1.29, 1.82) is 0 Å². The van der Waals surface area contributed by atoms with E-state index in [1.165, 1.54) is 41.0 Å². The van der Waals surface area contributed by atoms with Gasteiger partial charge in [-0.2, -0.15) is 11.8 Å². The van der Waals surface area contributed by atoms with Gasteiger partial charge in [0.1, 0.15) is 0 Å². The molecule has 0 aromatic heterocycles. The summed E-state index contributed by atoms with van der Waals surface area (Å²) < 4.78 is 0. The molecule has 1 atom stereocenters. The number of aryl methyl sites for hydroxylation is 2. The number of hydrogen-bond donors (Lipinski definition) is 1. The van der Waals surface area contributed by atoms with Crippen LogP contribution in [0.4, 0.5) is 0 Å². The van der Waals surface area contributed by atoms with Crippen LogP contribution in [-0.2, 0) is 0 Å². The lowest BCUT2D eigenvalue weighted by atomic mass is 10.0. The molecule has 0 fully saturated rings. The molecule has 0 aliphatic heterocycles. The van der Waals surface area contributed by atoms with Gasteiger partial charge in [0.2, 0.25) is 0 Å². The minimum atomic E-state index is 0.482. The maximum absolute atomic E-state index is 3.43. The van der Waals surface area contributed by atoms with Crippen molar-refractivity contribution in [1.82, 2.24) is 5.32 Å². The summed E-state index contributed by atoms with van der Waals surface area (Å²) in [6, 6.07) is 7.32. The molecule has 1 N–H and O–H groups in total. The zero-order valence-corrected chi connectivity index (χ0v) is 12.4. The van der Waals surface area contributed by atoms with E-state index in [1.54, 1.807) is 0 Å². The normalized spacial score (nSPS) is 12.7. The fraction of sp³-hybridized carbons (Fsp3) is 0.600. The molecule has 0 saturated carbocycles. The van der Waals surface area contributed by atoms with Gasteiger partial charge >= 0.3 is 0 Å². The van der Waals surface area contributed by atoms with E-state index >= 15 is 0 Å². The number of nitrogens with one attached hydrogen (secondary N) is 1. The van der Waals surface area contributed by atoms with E-state index in [2.05, 4.69) is 63.1 Å². The van der Waals surface area contributed by atoms with E-state index in [-0.39, 0.29) is 0 Å². The summed E-state index contributed by atoms with van der Waals surface area (Å²) in [6.45, 7) is 6.60. The Labute approximate surface area is 110 Å². The van der Waals surface area contributed by atoms with Crippen LogP contribution in [0.3, 0.4) is 0 Å². The van der Waals surface area contributed by atoms with Crippen LogP contribution in [0.25, 0.3) is 0 Å². The first-order valence-electron chi connectivity index (χ1n) is 6.50. The van der Waals surface area contributed by atoms with Gasteiger partial charge in [0.05, 0.1) is 0 Å². The Morgan fingerprint density at radius 1 is 1.18 bits per heavy atom. The van der Waals surface area contributed by atoms with Crippen LogP contribution in [0.5, 0.6) is 0 Å². The van der Waals surface area contributed by atoms with Crippen LogP contribution in [-0.4, -0.2) is 18.6 Å². The molecule has 96 valence electrons. The largest absolute Gasteiger partial charge is 0.312 e. The van der Waals surface area contributed by atoms with Crippen LogP contribution < -0.4 is 5.32 Å². The first-order valence-corrected chi connectivity index (χ1v) is 7.66. The predicted octanol–water partition coefficient (Wildman–Crippen LogP) is 4.10. The van der Waals surface area contributed by atoms with E-state index in [9.17, 15) is 0 Å². The number of unbranched alkanes of at least 4 members (excludes halogenated alkanes) is 1. The van der Waals surface area contributed by atoms with Crippen molar-refractivity contribution >= 4 is 11.8 Å². The minimum absolute atomic E-state index is 0.482. The van der Waals surface area contributed by atoms with Crippen molar-refractivity contribution in [2.45, 2.75) is 39.7 Å². The molecule has 2 heteroatoms. The zero-order valence-electron chi connectivity index (χ0n) is 11.5. The zero-order chi connectivity index (χ0) is 12.7. The Hall–Kier alpha value is -0.470. The number of hydrogen-bond acceptors (Lipinski definition) is 2. The van der Waals surface area contributed by atoms with Crippen molar-refractivity contribution in [3.63, 3.8) is 0 Å². The molecule has 0 radical (unpaired) electrons. The fourth-order valence-electron chi connectivity index (χ4n) is 2.00. The van der Waals surface area contributed by atoms with Gasteiger partial charge in [-0.05, 0) is 38.6 Å². The summed E-state index contributed by atoms with van der Waals surface area (Å²) in [6.07, 6.45) is 2.62. The molecule has 1 rings (SSSR count). The maximum atomic E-state index is 3.43. The van der Waals surface area contributed by atoms with Crippen LogP contribution in [0, 0.1) is 13.8 Å². The molecule has 17 heavy (non-hydrogen) atoms. The summed E-state index contributed by atoms with van der Waals surface area (Å²) in [5.41, 5.74) is 4.15. The third kappa shape index (κ3) is 5.13. The predicted molar refractivity (Wildman–Crippen MR) is 79.9 cm³/mol. The van der Waals surface area contributed by atoms with E-state index < -0.39 is 0 Å². The molecular formula is C15H25NS. The third-order valence-electron chi connectivity index (χ3n) is 2.92. The highest BCUT2D eigenvalue weighted by Crippen LogP contribution is 2.21. The number of benzene rings is 1. The lowest BCUT2D eigenvalue weighted by Gasteiger charge is -2.17. The Morgan fingerprint density at radius 3 is 2.35 bits per heavy atom. The Bertz CT molecular complexity index is 315. The molecule has 0 amide bonds. The number of rotatable bonds is 7. The molecule has 0 saturated heterocycles. The molecule has 0 aliphatic carbocycles. The van der Waals surface area contributed by atoms with E-state index in [0.717, 1.165) is 0 Å². The topological polar surface area (TPSA) is 12.0 Å². The smallest absolute Gasteiger partial charge is 0.0409 e. The van der Waals surface area contributed by atoms with Gasteiger partial charge in [-0.15, -0.1) is 0 Å². The summed E-state index contributed by atoms with van der Waals surface area (Å²) in [5, 5.41) is 3.43. The number of thioether (sulfide) groups is 1. The van der Waals surface area contributed by atoms with E-state index in [1.807, 2.05) is 0 Å². The molecule has 0 heterocycles. The average molecular weight is 251 g/mol. The molecule has 0 bridgehead atoms. The van der Waals surface area contributed by atoms with Gasteiger partial charge < -0.3 is 5.32 Å². The maximum Gasteiger partial charge on any atom is 0.0409 e. The molecule has 1 nitrogen and oxygen atoms in total. The highest BCUT2D eigenvalue weighted by Gasteiger charge is 2.09. The lowest BCUT2D eigenvalue weighted by molar-refractivity contribution is 0.660. The minimum Gasteiger partial charge on any atom is -0.312 e. The lowest BCUT2D eigenvalue weighted by Crippen LogP contribution is -2.19. The van der Waals surface area contributed by atoms with Crippen molar-refractivity contribution in [2.24, 2.45) is 0 Å². The molecule has 0 aliphatic rings. The Kier molecular flexibility index (Phi) is 6.68. The van der Waals surface area contributed by atoms with Gasteiger partial charge in [0.25, 0.3) is 0 Å². The van der Waals surface area contributed by atoms with Crippen LogP contribution in [0.1, 0.15) is 42.5 Å². The van der Waals surface area contributed by atoms with Crippen molar-refractivity contribution in [3.05, 3.63) is 34.9 Å². The Balaban J connectivity index is 2.59.